The molecule has 160 valence electrons. The van der Waals surface area contributed by atoms with Gasteiger partial charge in [0.25, 0.3) is 5.79 Å². The van der Waals surface area contributed by atoms with E-state index in [0.29, 0.717) is 6.61 Å². The lowest BCUT2D eigenvalue weighted by Crippen LogP contribution is -2.42. The number of benzene rings is 1. The third kappa shape index (κ3) is 8.18. The minimum Gasteiger partial charge on any atom is -0.494 e. The van der Waals surface area contributed by atoms with Crippen molar-refractivity contribution in [1.82, 2.24) is 0 Å². The van der Waals surface area contributed by atoms with Gasteiger partial charge < -0.3 is 19.5 Å². The van der Waals surface area contributed by atoms with Gasteiger partial charge in [0.05, 0.1) is 6.61 Å². The van der Waals surface area contributed by atoms with Crippen molar-refractivity contribution in [3.63, 3.8) is 0 Å². The standard InChI is InChI=1S/C23H33NO5/c1-4-5-6-7-8-9-10-11-16-27-19-14-12-18(13-15-19)24-17-20-21(25)28-23(2,3)29-22(20)26/h12-15,17,24H,4-11,16H2,1-3H3. The van der Waals surface area contributed by atoms with Crippen LogP contribution in [-0.4, -0.2) is 24.3 Å². The molecule has 0 saturated carbocycles. The first-order chi connectivity index (χ1) is 13.9. The molecule has 1 aliphatic rings. The molecule has 1 N–H and O–H groups in total. The quantitative estimate of drug-likeness (QED) is 0.220. The summed E-state index contributed by atoms with van der Waals surface area (Å²) in [6, 6.07) is 7.35. The van der Waals surface area contributed by atoms with Gasteiger partial charge in [0.1, 0.15) is 5.75 Å². The highest BCUT2D eigenvalue weighted by molar-refractivity contribution is 6.15. The van der Waals surface area contributed by atoms with Crippen LogP contribution >= 0.6 is 0 Å². The first-order valence-corrected chi connectivity index (χ1v) is 10.6. The minimum absolute atomic E-state index is 0.167. The van der Waals surface area contributed by atoms with Crippen LogP contribution in [0.5, 0.6) is 5.75 Å². The van der Waals surface area contributed by atoms with Crippen molar-refractivity contribution in [3.05, 3.63) is 36.0 Å². The molecular formula is C23H33NO5. The molecule has 0 atom stereocenters. The van der Waals surface area contributed by atoms with E-state index in [2.05, 4.69) is 12.2 Å². The van der Waals surface area contributed by atoms with Crippen LogP contribution in [0.2, 0.25) is 0 Å². The summed E-state index contributed by atoms with van der Waals surface area (Å²) < 4.78 is 15.9. The van der Waals surface area contributed by atoms with Crippen LogP contribution in [0.3, 0.4) is 0 Å². The van der Waals surface area contributed by atoms with Gasteiger partial charge in [0.2, 0.25) is 0 Å². The number of hydrogen-bond acceptors (Lipinski definition) is 6. The second-order valence-electron chi connectivity index (χ2n) is 7.73. The molecule has 0 amide bonds. The van der Waals surface area contributed by atoms with Crippen molar-refractivity contribution < 1.29 is 23.8 Å². The Morgan fingerprint density at radius 2 is 1.45 bits per heavy atom. The van der Waals surface area contributed by atoms with Gasteiger partial charge in [-0.3, -0.25) is 0 Å². The fourth-order valence-electron chi connectivity index (χ4n) is 3.01. The van der Waals surface area contributed by atoms with Crippen molar-refractivity contribution in [2.45, 2.75) is 77.9 Å². The summed E-state index contributed by atoms with van der Waals surface area (Å²) in [5, 5.41) is 2.92. The Labute approximate surface area is 173 Å². The van der Waals surface area contributed by atoms with Crippen LogP contribution in [-0.2, 0) is 19.1 Å². The van der Waals surface area contributed by atoms with E-state index >= 15 is 0 Å². The highest BCUT2D eigenvalue weighted by Crippen LogP contribution is 2.23. The van der Waals surface area contributed by atoms with Crippen LogP contribution in [0, 0.1) is 0 Å². The van der Waals surface area contributed by atoms with Crippen molar-refractivity contribution in [1.29, 1.82) is 0 Å². The highest BCUT2D eigenvalue weighted by Gasteiger charge is 2.38. The summed E-state index contributed by atoms with van der Waals surface area (Å²) in [5.41, 5.74) is 0.557. The average Bonchev–Trinajstić information content (AvgIpc) is 2.66. The molecule has 1 saturated heterocycles. The Hall–Kier alpha value is -2.50. The highest BCUT2D eigenvalue weighted by atomic mass is 16.7. The predicted octanol–water partition coefficient (Wildman–Crippen LogP) is 5.34. The molecule has 1 heterocycles. The molecule has 6 nitrogen and oxygen atoms in total. The minimum atomic E-state index is -1.24. The summed E-state index contributed by atoms with van der Waals surface area (Å²) in [6.45, 7) is 5.97. The second-order valence-corrected chi connectivity index (χ2v) is 7.73. The number of carbonyl (C=O) groups excluding carboxylic acids is 2. The third-order valence-corrected chi connectivity index (χ3v) is 4.62. The summed E-state index contributed by atoms with van der Waals surface area (Å²) >= 11 is 0. The van der Waals surface area contributed by atoms with Crippen molar-refractivity contribution in [3.8, 4) is 5.75 Å². The largest absolute Gasteiger partial charge is 0.494 e. The first-order valence-electron chi connectivity index (χ1n) is 10.6. The number of unbranched alkanes of at least 4 members (excludes halogenated alkanes) is 7. The number of cyclic esters (lactones) is 2. The molecule has 0 bridgehead atoms. The van der Waals surface area contributed by atoms with E-state index in [1.54, 1.807) is 0 Å². The zero-order valence-electron chi connectivity index (χ0n) is 17.8. The van der Waals surface area contributed by atoms with Crippen LogP contribution in [0.15, 0.2) is 36.0 Å². The summed E-state index contributed by atoms with van der Waals surface area (Å²) in [7, 11) is 0. The molecule has 0 radical (unpaired) electrons. The molecule has 0 aromatic heterocycles. The van der Waals surface area contributed by atoms with E-state index < -0.39 is 17.7 Å². The van der Waals surface area contributed by atoms with Gasteiger partial charge in [0, 0.05) is 25.7 Å². The maximum atomic E-state index is 11.9. The van der Waals surface area contributed by atoms with E-state index in [-0.39, 0.29) is 5.57 Å². The molecule has 1 aromatic rings. The van der Waals surface area contributed by atoms with Gasteiger partial charge in [-0.25, -0.2) is 9.59 Å². The number of rotatable bonds is 12. The van der Waals surface area contributed by atoms with E-state index in [0.717, 1.165) is 17.9 Å². The molecule has 1 aliphatic heterocycles. The van der Waals surface area contributed by atoms with Crippen LogP contribution < -0.4 is 10.1 Å². The van der Waals surface area contributed by atoms with Crippen molar-refractivity contribution >= 4 is 17.6 Å². The number of ether oxygens (including phenoxy) is 3. The topological polar surface area (TPSA) is 73.9 Å². The maximum absolute atomic E-state index is 11.9. The lowest BCUT2D eigenvalue weighted by atomic mass is 10.1. The molecule has 0 unspecified atom stereocenters. The monoisotopic (exact) mass is 403 g/mol. The molecular weight excluding hydrogens is 370 g/mol. The zero-order valence-corrected chi connectivity index (χ0v) is 17.8. The fourth-order valence-corrected chi connectivity index (χ4v) is 3.01. The van der Waals surface area contributed by atoms with E-state index in [1.807, 2.05) is 24.3 Å². The Balaban J connectivity index is 1.68. The van der Waals surface area contributed by atoms with Crippen LogP contribution in [0.1, 0.15) is 72.1 Å². The van der Waals surface area contributed by atoms with Gasteiger partial charge >= 0.3 is 11.9 Å². The summed E-state index contributed by atoms with van der Waals surface area (Å²) in [4.78, 5) is 23.8. The number of nitrogens with one attached hydrogen (secondary N) is 1. The number of carbonyl (C=O) groups is 2. The Kier molecular flexibility index (Phi) is 9.03. The van der Waals surface area contributed by atoms with Crippen LogP contribution in [0.25, 0.3) is 0 Å². The second kappa shape index (κ2) is 11.5. The van der Waals surface area contributed by atoms with Crippen LogP contribution in [0.4, 0.5) is 5.69 Å². The molecule has 1 aromatic carbocycles. The molecule has 2 rings (SSSR count). The normalized spacial score (nSPS) is 15.5. The SMILES string of the molecule is CCCCCCCCCCOc1ccc(NC=C2C(=O)OC(C)(C)OC2=O)cc1. The average molecular weight is 404 g/mol. The van der Waals surface area contributed by atoms with E-state index in [4.69, 9.17) is 14.2 Å². The van der Waals surface area contributed by atoms with Gasteiger partial charge in [-0.2, -0.15) is 0 Å². The van der Waals surface area contributed by atoms with Gasteiger partial charge in [-0.05, 0) is 30.7 Å². The van der Waals surface area contributed by atoms with Gasteiger partial charge in [-0.15, -0.1) is 0 Å². The molecule has 0 spiro atoms. The van der Waals surface area contributed by atoms with Gasteiger partial charge in [0.15, 0.2) is 5.57 Å². The fraction of sp³-hybridized carbons (Fsp3) is 0.565. The van der Waals surface area contributed by atoms with Crippen molar-refractivity contribution in [2.75, 3.05) is 11.9 Å². The predicted molar refractivity (Wildman–Crippen MR) is 113 cm³/mol. The molecule has 1 fully saturated rings. The third-order valence-electron chi connectivity index (χ3n) is 4.62. The Morgan fingerprint density at radius 1 is 0.897 bits per heavy atom. The zero-order chi connectivity index (χ0) is 21.1. The lowest BCUT2D eigenvalue weighted by molar-refractivity contribution is -0.222. The number of esters is 2. The Morgan fingerprint density at radius 3 is 2.03 bits per heavy atom. The molecule has 6 heteroatoms. The number of hydrogen-bond donors (Lipinski definition) is 1. The smallest absolute Gasteiger partial charge is 0.350 e. The maximum Gasteiger partial charge on any atom is 0.350 e. The Bertz CT molecular complexity index is 672. The first kappa shape index (κ1) is 22.8. The molecule has 0 aliphatic carbocycles. The summed E-state index contributed by atoms with van der Waals surface area (Å²) in [6.07, 6.45) is 11.5. The van der Waals surface area contributed by atoms with Gasteiger partial charge in [-0.1, -0.05) is 51.9 Å². The lowest BCUT2D eigenvalue weighted by Gasteiger charge is -2.29. The van der Waals surface area contributed by atoms with Crippen molar-refractivity contribution in [2.24, 2.45) is 0 Å². The molecule has 29 heavy (non-hydrogen) atoms. The van der Waals surface area contributed by atoms with E-state index in [1.165, 1.54) is 65.0 Å². The van der Waals surface area contributed by atoms with E-state index in [9.17, 15) is 9.59 Å². The summed E-state index contributed by atoms with van der Waals surface area (Å²) in [5.74, 6) is -1.85. The number of anilines is 1.